The summed E-state index contributed by atoms with van der Waals surface area (Å²) in [6, 6.07) is 63.3. The van der Waals surface area contributed by atoms with Gasteiger partial charge in [0.05, 0.1) is 17.1 Å². The van der Waals surface area contributed by atoms with Crippen molar-refractivity contribution in [2.45, 2.75) is 12.3 Å². The number of pyridine rings is 1. The van der Waals surface area contributed by atoms with Crippen LogP contribution in [0.5, 0.6) is 0 Å². The van der Waals surface area contributed by atoms with Crippen LogP contribution in [0.2, 0.25) is 0 Å². The van der Waals surface area contributed by atoms with Gasteiger partial charge in [0.15, 0.2) is 5.82 Å². The van der Waals surface area contributed by atoms with E-state index >= 15 is 0 Å². The highest BCUT2D eigenvalue weighted by molar-refractivity contribution is 7.26. The highest BCUT2D eigenvalue weighted by Gasteiger charge is 2.29. The largest absolute Gasteiger partial charge is 0.256 e. The molecule has 0 saturated carbocycles. The molecule has 0 bridgehead atoms. The Kier molecular flexibility index (Phi) is 7.71. The molecular weight excluding hydrogens is 743 g/mol. The fraction of sp³-hybridized carbons (Fsp3) is 0.0377. The molecule has 0 N–H and O–H groups in total. The number of nitrogens with zero attached hydrogens (tertiary/aromatic N) is 3. The van der Waals surface area contributed by atoms with Gasteiger partial charge in [-0.05, 0) is 59.0 Å². The lowest BCUT2D eigenvalue weighted by atomic mass is 9.75. The summed E-state index contributed by atoms with van der Waals surface area (Å²) in [6.45, 7) is 0. The van der Waals surface area contributed by atoms with Crippen molar-refractivity contribution in [3.05, 3.63) is 199 Å². The lowest BCUT2D eigenvalue weighted by molar-refractivity contribution is 0.797. The van der Waals surface area contributed by atoms with Crippen molar-refractivity contribution in [1.82, 2.24) is 15.0 Å². The number of aromatic nitrogens is 3. The summed E-state index contributed by atoms with van der Waals surface area (Å²) in [7, 11) is 0. The molecule has 3 nitrogen and oxygen atoms in total. The van der Waals surface area contributed by atoms with Crippen LogP contribution in [0.25, 0.3) is 96.6 Å². The van der Waals surface area contributed by atoms with Gasteiger partial charge in [-0.25, -0.2) is 9.97 Å². The van der Waals surface area contributed by atoms with Gasteiger partial charge in [-0.3, -0.25) is 4.98 Å². The first kappa shape index (κ1) is 33.4. The van der Waals surface area contributed by atoms with Crippen LogP contribution < -0.4 is 0 Å². The van der Waals surface area contributed by atoms with E-state index in [-0.39, 0.29) is 5.92 Å². The minimum atomic E-state index is 0.252. The number of rotatable bonds is 5. The first-order valence-corrected chi connectivity index (χ1v) is 21.3. The second kappa shape index (κ2) is 13.4. The minimum absolute atomic E-state index is 0.252. The van der Waals surface area contributed by atoms with E-state index in [4.69, 9.17) is 15.0 Å². The molecule has 0 spiro atoms. The summed E-state index contributed by atoms with van der Waals surface area (Å²) in [5.74, 6) is 0.952. The van der Waals surface area contributed by atoms with Gasteiger partial charge in [0.1, 0.15) is 0 Å². The quantitative estimate of drug-likeness (QED) is 0.175. The second-order valence-corrected chi connectivity index (χ2v) is 17.2. The van der Waals surface area contributed by atoms with E-state index in [9.17, 15) is 0 Å². The van der Waals surface area contributed by atoms with E-state index in [1.54, 1.807) is 0 Å². The van der Waals surface area contributed by atoms with Gasteiger partial charge in [0.25, 0.3) is 0 Å². The van der Waals surface area contributed by atoms with Gasteiger partial charge in [-0.15, -0.1) is 22.7 Å². The lowest BCUT2D eigenvalue weighted by Crippen LogP contribution is -2.12. The van der Waals surface area contributed by atoms with Crippen LogP contribution >= 0.6 is 22.7 Å². The summed E-state index contributed by atoms with van der Waals surface area (Å²) >= 11 is 3.77. The van der Waals surface area contributed by atoms with Crippen molar-refractivity contribution < 1.29 is 0 Å². The molecule has 1 atom stereocenters. The SMILES string of the molecule is c1ccc(-c2cc(-c3ccccc3)nc(-c3ccc(-c4nccc5sc6ccc(C7Cc8ccc9c(sc%10ccccc%109)c8-c8ccccc87)cc6c45)cc3)n2)cc1. The van der Waals surface area contributed by atoms with E-state index in [0.717, 1.165) is 45.8 Å². The highest BCUT2D eigenvalue weighted by Crippen LogP contribution is 2.50. The van der Waals surface area contributed by atoms with E-state index in [1.807, 2.05) is 41.0 Å². The number of benzene rings is 7. The number of hydrogen-bond donors (Lipinski definition) is 0. The van der Waals surface area contributed by atoms with Gasteiger partial charge in [0.2, 0.25) is 0 Å². The number of fused-ring (bicyclic) bond motifs is 10. The summed E-state index contributed by atoms with van der Waals surface area (Å²) in [5, 5.41) is 5.18. The van der Waals surface area contributed by atoms with Crippen molar-refractivity contribution in [3.63, 3.8) is 0 Å². The smallest absolute Gasteiger partial charge is 0.160 e. The molecule has 1 unspecified atom stereocenters. The molecule has 1 aliphatic rings. The summed E-state index contributed by atoms with van der Waals surface area (Å²) in [5.41, 5.74) is 13.9. The third kappa shape index (κ3) is 5.42. The molecule has 0 aliphatic heterocycles. The molecule has 0 fully saturated rings. The predicted octanol–water partition coefficient (Wildman–Crippen LogP) is 14.6. The van der Waals surface area contributed by atoms with E-state index in [2.05, 4.69) is 164 Å². The van der Waals surface area contributed by atoms with Crippen molar-refractivity contribution in [2.75, 3.05) is 0 Å². The molecule has 58 heavy (non-hydrogen) atoms. The molecule has 272 valence electrons. The van der Waals surface area contributed by atoms with Crippen LogP contribution in [0.15, 0.2) is 182 Å². The Labute approximate surface area is 343 Å². The number of thiophene rings is 2. The normalized spacial score (nSPS) is 13.6. The molecule has 0 saturated heterocycles. The van der Waals surface area contributed by atoms with Crippen LogP contribution in [0.1, 0.15) is 22.6 Å². The molecule has 0 amide bonds. The monoisotopic (exact) mass is 775 g/mol. The Balaban J connectivity index is 0.945. The highest BCUT2D eigenvalue weighted by atomic mass is 32.1. The van der Waals surface area contributed by atoms with Crippen LogP contribution in [0.4, 0.5) is 0 Å². The zero-order valence-electron chi connectivity index (χ0n) is 31.3. The Morgan fingerprint density at radius 1 is 0.483 bits per heavy atom. The van der Waals surface area contributed by atoms with Gasteiger partial charge < -0.3 is 0 Å². The van der Waals surface area contributed by atoms with Crippen LogP contribution in [0, 0.1) is 0 Å². The standard InChI is InChI=1S/C53H33N3S2/c1-3-11-32(12-4-1)44-31-45(33-13-5-2-6-14-33)56-53(55-44)35-21-19-34(20-22-35)51-50-43-29-36(24-26-47(43)57-48(50)27-28-54-51)42-30-37-23-25-41-39-16-9-10-18-46(39)58-52(41)49(37)40-17-8-7-15-38(40)42/h1-29,31,42H,30H2. The van der Waals surface area contributed by atoms with E-state index in [1.165, 1.54) is 68.2 Å². The maximum atomic E-state index is 5.07. The van der Waals surface area contributed by atoms with Crippen molar-refractivity contribution in [3.8, 4) is 56.3 Å². The fourth-order valence-electron chi connectivity index (χ4n) is 8.99. The maximum absolute atomic E-state index is 5.07. The zero-order chi connectivity index (χ0) is 38.2. The Morgan fingerprint density at radius 2 is 1.17 bits per heavy atom. The number of hydrogen-bond acceptors (Lipinski definition) is 5. The molecule has 11 aromatic rings. The molecule has 7 aromatic carbocycles. The summed E-state index contributed by atoms with van der Waals surface area (Å²) in [6.07, 6.45) is 2.92. The fourth-order valence-corrected chi connectivity index (χ4v) is 11.4. The Hall–Kier alpha value is -6.79. The molecule has 0 radical (unpaired) electrons. The summed E-state index contributed by atoms with van der Waals surface area (Å²) < 4.78 is 5.27. The topological polar surface area (TPSA) is 38.7 Å². The van der Waals surface area contributed by atoms with Gasteiger partial charge in [0, 0.05) is 80.3 Å². The maximum Gasteiger partial charge on any atom is 0.160 e. The summed E-state index contributed by atoms with van der Waals surface area (Å²) in [4.78, 5) is 15.2. The molecular formula is C53H33N3S2. The third-order valence-corrected chi connectivity index (χ3v) is 14.1. The molecule has 4 heterocycles. The Bertz CT molecular complexity index is 3310. The van der Waals surface area contributed by atoms with Crippen molar-refractivity contribution >= 4 is 63.0 Å². The van der Waals surface area contributed by atoms with E-state index < -0.39 is 0 Å². The van der Waals surface area contributed by atoms with E-state index in [0.29, 0.717) is 5.82 Å². The van der Waals surface area contributed by atoms with Gasteiger partial charge >= 0.3 is 0 Å². The van der Waals surface area contributed by atoms with Crippen LogP contribution in [-0.4, -0.2) is 15.0 Å². The molecule has 5 heteroatoms. The minimum Gasteiger partial charge on any atom is -0.256 e. The average molecular weight is 776 g/mol. The zero-order valence-corrected chi connectivity index (χ0v) is 32.9. The lowest BCUT2D eigenvalue weighted by Gasteiger charge is -2.29. The second-order valence-electron chi connectivity index (χ2n) is 15.1. The third-order valence-electron chi connectivity index (χ3n) is 11.8. The Morgan fingerprint density at radius 3 is 1.97 bits per heavy atom. The average Bonchev–Trinajstić information content (AvgIpc) is 3.87. The first-order valence-electron chi connectivity index (χ1n) is 19.7. The van der Waals surface area contributed by atoms with Gasteiger partial charge in [-0.1, -0.05) is 146 Å². The van der Waals surface area contributed by atoms with Crippen molar-refractivity contribution in [2.24, 2.45) is 0 Å². The molecule has 4 aromatic heterocycles. The van der Waals surface area contributed by atoms with Gasteiger partial charge in [-0.2, -0.15) is 0 Å². The predicted molar refractivity (Wildman–Crippen MR) is 245 cm³/mol. The van der Waals surface area contributed by atoms with Crippen molar-refractivity contribution in [1.29, 1.82) is 0 Å². The van der Waals surface area contributed by atoms with Crippen LogP contribution in [-0.2, 0) is 6.42 Å². The molecule has 12 rings (SSSR count). The first-order chi connectivity index (χ1) is 28.7. The van der Waals surface area contributed by atoms with Crippen LogP contribution in [0.3, 0.4) is 0 Å². The molecule has 1 aliphatic carbocycles.